The van der Waals surface area contributed by atoms with Gasteiger partial charge in [0.15, 0.2) is 4.99 Å². The lowest BCUT2D eigenvalue weighted by Gasteiger charge is -2.23. The maximum Gasteiger partial charge on any atom is 0.351 e. The molecule has 1 N–H and O–H groups in total. The zero-order chi connectivity index (χ0) is 17.8. The SMILES string of the molecule is CC=CCC/C=C/CCCC(P(=O)(OCC)OCC)S(=O)(=O)O. The summed E-state index contributed by atoms with van der Waals surface area (Å²) in [5.41, 5.74) is 0. The molecular formula is C15H29O6PS. The van der Waals surface area contributed by atoms with Crippen LogP contribution in [0.1, 0.15) is 52.9 Å². The van der Waals surface area contributed by atoms with Crippen LogP contribution in [0.15, 0.2) is 24.3 Å². The normalized spacial score (nSPS) is 14.8. The summed E-state index contributed by atoms with van der Waals surface area (Å²) in [6.45, 7) is 5.26. The highest BCUT2D eigenvalue weighted by Crippen LogP contribution is 2.56. The minimum absolute atomic E-state index is 0.0231. The topological polar surface area (TPSA) is 89.9 Å². The monoisotopic (exact) mass is 368 g/mol. The van der Waals surface area contributed by atoms with Gasteiger partial charge in [0.05, 0.1) is 13.2 Å². The third kappa shape index (κ3) is 9.42. The van der Waals surface area contributed by atoms with Gasteiger partial charge in [-0.25, -0.2) is 0 Å². The maximum atomic E-state index is 12.6. The van der Waals surface area contributed by atoms with Crippen LogP contribution in [-0.2, 0) is 23.7 Å². The van der Waals surface area contributed by atoms with E-state index in [9.17, 15) is 17.5 Å². The Bertz CT molecular complexity index is 502. The van der Waals surface area contributed by atoms with E-state index < -0.39 is 22.7 Å². The zero-order valence-electron chi connectivity index (χ0n) is 14.2. The van der Waals surface area contributed by atoms with E-state index >= 15 is 0 Å². The average molecular weight is 368 g/mol. The first kappa shape index (κ1) is 22.5. The van der Waals surface area contributed by atoms with E-state index in [1.165, 1.54) is 0 Å². The second-order valence-electron chi connectivity index (χ2n) is 4.89. The van der Waals surface area contributed by atoms with E-state index in [0.717, 1.165) is 12.8 Å². The molecule has 8 heteroatoms. The van der Waals surface area contributed by atoms with Crippen LogP contribution in [0.2, 0.25) is 0 Å². The van der Waals surface area contributed by atoms with Crippen molar-refractivity contribution in [3.63, 3.8) is 0 Å². The smallest absolute Gasteiger partial charge is 0.308 e. The molecule has 0 fully saturated rings. The molecule has 0 radical (unpaired) electrons. The van der Waals surface area contributed by atoms with Crippen molar-refractivity contribution in [2.24, 2.45) is 0 Å². The Labute approximate surface area is 140 Å². The molecular weight excluding hydrogens is 339 g/mol. The molecule has 0 aliphatic carbocycles. The van der Waals surface area contributed by atoms with Crippen LogP contribution in [0.4, 0.5) is 0 Å². The van der Waals surface area contributed by atoms with Gasteiger partial charge < -0.3 is 9.05 Å². The minimum atomic E-state index is -4.52. The van der Waals surface area contributed by atoms with Crippen molar-refractivity contribution in [3.05, 3.63) is 24.3 Å². The Balaban J connectivity index is 4.67. The van der Waals surface area contributed by atoms with Gasteiger partial charge in [0, 0.05) is 0 Å². The van der Waals surface area contributed by atoms with Gasteiger partial charge in [-0.2, -0.15) is 8.42 Å². The zero-order valence-corrected chi connectivity index (χ0v) is 15.9. The van der Waals surface area contributed by atoms with Crippen molar-refractivity contribution in [1.29, 1.82) is 0 Å². The van der Waals surface area contributed by atoms with Crippen molar-refractivity contribution >= 4 is 17.7 Å². The van der Waals surface area contributed by atoms with E-state index in [4.69, 9.17) is 9.05 Å². The molecule has 0 aromatic rings. The molecule has 23 heavy (non-hydrogen) atoms. The van der Waals surface area contributed by atoms with Gasteiger partial charge in [0.1, 0.15) is 0 Å². The Kier molecular flexibility index (Phi) is 11.7. The minimum Gasteiger partial charge on any atom is -0.308 e. The first-order valence-electron chi connectivity index (χ1n) is 7.93. The molecule has 0 aromatic heterocycles. The molecule has 0 bridgehead atoms. The fourth-order valence-electron chi connectivity index (χ4n) is 2.04. The Morgan fingerprint density at radius 2 is 1.57 bits per heavy atom. The number of hydrogen-bond donors (Lipinski definition) is 1. The predicted molar refractivity (Wildman–Crippen MR) is 93.2 cm³/mol. The van der Waals surface area contributed by atoms with Crippen molar-refractivity contribution in [2.45, 2.75) is 57.9 Å². The van der Waals surface area contributed by atoms with Gasteiger partial charge in [0.25, 0.3) is 10.1 Å². The Hall–Kier alpha value is -0.460. The molecule has 1 unspecified atom stereocenters. The van der Waals surface area contributed by atoms with Gasteiger partial charge in [0.2, 0.25) is 0 Å². The van der Waals surface area contributed by atoms with Crippen LogP contribution >= 0.6 is 7.60 Å². The molecule has 0 aliphatic rings. The lowest BCUT2D eigenvalue weighted by Crippen LogP contribution is -2.23. The highest BCUT2D eigenvalue weighted by Gasteiger charge is 2.43. The fourth-order valence-corrected chi connectivity index (χ4v) is 5.80. The third-order valence-electron chi connectivity index (χ3n) is 3.04. The second kappa shape index (κ2) is 12.0. The number of rotatable bonds is 13. The van der Waals surface area contributed by atoms with Crippen molar-refractivity contribution < 1.29 is 26.6 Å². The lowest BCUT2D eigenvalue weighted by molar-refractivity contribution is 0.215. The van der Waals surface area contributed by atoms with Crippen LogP contribution in [0.5, 0.6) is 0 Å². The van der Waals surface area contributed by atoms with Gasteiger partial charge in [-0.3, -0.25) is 9.12 Å². The van der Waals surface area contributed by atoms with E-state index in [1.807, 2.05) is 25.2 Å². The molecule has 6 nitrogen and oxygen atoms in total. The molecule has 0 saturated carbocycles. The van der Waals surface area contributed by atoms with Crippen molar-refractivity contribution in [2.75, 3.05) is 13.2 Å². The molecule has 0 heterocycles. The van der Waals surface area contributed by atoms with E-state index in [1.54, 1.807) is 13.8 Å². The molecule has 0 amide bonds. The molecule has 0 spiro atoms. The summed E-state index contributed by atoms with van der Waals surface area (Å²) in [6, 6.07) is 0. The number of allylic oxidation sites excluding steroid dienone is 4. The maximum absolute atomic E-state index is 12.6. The predicted octanol–water partition coefficient (Wildman–Crippen LogP) is 4.55. The van der Waals surface area contributed by atoms with Crippen LogP contribution < -0.4 is 0 Å². The summed E-state index contributed by atoms with van der Waals surface area (Å²) in [5, 5.41) is 0. The van der Waals surface area contributed by atoms with E-state index in [0.29, 0.717) is 12.8 Å². The molecule has 136 valence electrons. The highest BCUT2D eigenvalue weighted by molar-refractivity contribution is 7.94. The van der Waals surface area contributed by atoms with Gasteiger partial charge in [-0.15, -0.1) is 0 Å². The van der Waals surface area contributed by atoms with E-state index in [-0.39, 0.29) is 19.6 Å². The Morgan fingerprint density at radius 1 is 1.04 bits per heavy atom. The van der Waals surface area contributed by atoms with Crippen LogP contribution in [0, 0.1) is 0 Å². The summed E-state index contributed by atoms with van der Waals surface area (Å²) >= 11 is 0. The molecule has 0 aromatic carbocycles. The summed E-state index contributed by atoms with van der Waals surface area (Å²) in [6.07, 6.45) is 11.0. The highest BCUT2D eigenvalue weighted by atomic mass is 32.2. The number of unbranched alkanes of at least 4 members (excludes halogenated alkanes) is 2. The summed E-state index contributed by atoms with van der Waals surface area (Å²) in [7, 11) is -8.41. The number of hydrogen-bond acceptors (Lipinski definition) is 5. The average Bonchev–Trinajstić information content (AvgIpc) is 2.44. The van der Waals surface area contributed by atoms with E-state index in [2.05, 4.69) is 6.08 Å². The summed E-state index contributed by atoms with van der Waals surface area (Å²) in [5.74, 6) is 0. The largest absolute Gasteiger partial charge is 0.351 e. The first-order chi connectivity index (χ1) is 10.8. The van der Waals surface area contributed by atoms with Crippen LogP contribution in [-0.4, -0.2) is 31.2 Å². The Morgan fingerprint density at radius 3 is 2.04 bits per heavy atom. The second-order valence-corrected chi connectivity index (χ2v) is 9.06. The third-order valence-corrected chi connectivity index (χ3v) is 7.74. The van der Waals surface area contributed by atoms with Gasteiger partial charge >= 0.3 is 7.60 Å². The van der Waals surface area contributed by atoms with Crippen molar-refractivity contribution in [1.82, 2.24) is 0 Å². The van der Waals surface area contributed by atoms with Gasteiger partial charge in [-0.05, 0) is 52.9 Å². The lowest BCUT2D eigenvalue weighted by atomic mass is 10.2. The summed E-state index contributed by atoms with van der Waals surface area (Å²) in [4.78, 5) is -1.54. The molecule has 0 rings (SSSR count). The standard InChI is InChI=1S/C15H29O6PS/c1-4-7-8-9-10-11-12-13-14-15(23(17,18)19)22(16,20-5-2)21-6-3/h4,7,10-11,15H,5-6,8-9,12-14H2,1-3H3,(H,17,18,19)/b7-4?,11-10+. The summed E-state index contributed by atoms with van der Waals surface area (Å²) < 4.78 is 55.2. The van der Waals surface area contributed by atoms with Crippen molar-refractivity contribution in [3.8, 4) is 0 Å². The van der Waals surface area contributed by atoms with Gasteiger partial charge in [-0.1, -0.05) is 24.3 Å². The van der Waals surface area contributed by atoms with Crippen LogP contribution in [0.3, 0.4) is 0 Å². The molecule has 0 saturated heterocycles. The van der Waals surface area contributed by atoms with Crippen LogP contribution in [0.25, 0.3) is 0 Å². The first-order valence-corrected chi connectivity index (χ1v) is 11.0. The molecule has 0 aliphatic heterocycles. The fraction of sp³-hybridized carbons (Fsp3) is 0.733. The quantitative estimate of drug-likeness (QED) is 0.222. The molecule has 1 atom stereocenters.